The van der Waals surface area contributed by atoms with Gasteiger partial charge in [0.05, 0.1) is 17.7 Å². The molecule has 0 radical (unpaired) electrons. The molecule has 0 spiro atoms. The molecule has 0 aliphatic heterocycles. The number of ether oxygens (including phenoxy) is 1. The van der Waals surface area contributed by atoms with Gasteiger partial charge in [0.1, 0.15) is 5.75 Å². The Morgan fingerprint density at radius 1 is 0.900 bits per heavy atom. The largest absolute Gasteiger partial charge is 0.495 e. The second-order valence-corrected chi connectivity index (χ2v) is 8.94. The quantitative estimate of drug-likeness (QED) is 0.513. The number of anilines is 2. The van der Waals surface area contributed by atoms with Crippen molar-refractivity contribution in [1.29, 1.82) is 0 Å². The third-order valence-electron chi connectivity index (χ3n) is 4.27. The van der Waals surface area contributed by atoms with E-state index in [1.54, 1.807) is 43.3 Å². The molecule has 0 aromatic heterocycles. The van der Waals surface area contributed by atoms with E-state index in [2.05, 4.69) is 10.0 Å². The molecule has 3 rings (SSSR count). The Kier molecular flexibility index (Phi) is 6.55. The molecule has 1 amide bonds. The van der Waals surface area contributed by atoms with E-state index in [9.17, 15) is 13.2 Å². The van der Waals surface area contributed by atoms with Gasteiger partial charge in [-0.25, -0.2) is 8.42 Å². The number of halogens is 2. The fraction of sp³-hybridized carbons (Fsp3) is 0.0952. The van der Waals surface area contributed by atoms with Gasteiger partial charge in [-0.15, -0.1) is 0 Å². The third kappa shape index (κ3) is 5.05. The van der Waals surface area contributed by atoms with Gasteiger partial charge in [-0.3, -0.25) is 9.52 Å². The van der Waals surface area contributed by atoms with E-state index in [0.29, 0.717) is 32.6 Å². The number of amides is 1. The lowest BCUT2D eigenvalue weighted by molar-refractivity contribution is 0.102. The molecule has 0 fully saturated rings. The van der Waals surface area contributed by atoms with Crippen LogP contribution in [0.25, 0.3) is 0 Å². The van der Waals surface area contributed by atoms with Crippen LogP contribution in [0.3, 0.4) is 0 Å². The highest BCUT2D eigenvalue weighted by Crippen LogP contribution is 2.30. The maximum atomic E-state index is 12.8. The van der Waals surface area contributed by atoms with Crippen LogP contribution in [-0.4, -0.2) is 21.4 Å². The number of hydrogen-bond donors (Lipinski definition) is 2. The summed E-state index contributed by atoms with van der Waals surface area (Å²) in [6, 6.07) is 15.5. The number of carbonyl (C=O) groups is 1. The zero-order chi connectivity index (χ0) is 21.9. The van der Waals surface area contributed by atoms with Gasteiger partial charge in [-0.05, 0) is 73.2 Å². The molecule has 6 nitrogen and oxygen atoms in total. The molecule has 0 saturated heterocycles. The molecule has 156 valence electrons. The van der Waals surface area contributed by atoms with Crippen LogP contribution in [-0.2, 0) is 10.0 Å². The van der Waals surface area contributed by atoms with Gasteiger partial charge < -0.3 is 10.1 Å². The summed E-state index contributed by atoms with van der Waals surface area (Å²) in [7, 11) is -2.47. The molecule has 2 N–H and O–H groups in total. The minimum atomic E-state index is -3.90. The maximum Gasteiger partial charge on any atom is 0.262 e. The van der Waals surface area contributed by atoms with E-state index >= 15 is 0 Å². The Labute approximate surface area is 184 Å². The minimum absolute atomic E-state index is 0.0338. The Bertz CT molecular complexity index is 1200. The normalized spacial score (nSPS) is 11.1. The van der Waals surface area contributed by atoms with Crippen molar-refractivity contribution in [2.24, 2.45) is 0 Å². The highest BCUT2D eigenvalue weighted by molar-refractivity contribution is 7.92. The predicted molar refractivity (Wildman–Crippen MR) is 119 cm³/mol. The van der Waals surface area contributed by atoms with Gasteiger partial charge in [0, 0.05) is 21.3 Å². The average Bonchev–Trinajstić information content (AvgIpc) is 2.69. The number of rotatable bonds is 6. The molecule has 0 aliphatic carbocycles. The molecule has 3 aromatic carbocycles. The first-order valence-electron chi connectivity index (χ1n) is 8.73. The summed E-state index contributed by atoms with van der Waals surface area (Å²) in [5.74, 6) is 0.0127. The van der Waals surface area contributed by atoms with Crippen LogP contribution in [0, 0.1) is 6.92 Å². The lowest BCUT2D eigenvalue weighted by Crippen LogP contribution is -2.15. The van der Waals surface area contributed by atoms with Crippen molar-refractivity contribution in [3.05, 3.63) is 81.8 Å². The SMILES string of the molecule is COc1ccc(Cl)cc1NS(=O)(=O)c1ccc(NC(=O)c2ccc(Cl)cc2)c(C)c1. The van der Waals surface area contributed by atoms with Gasteiger partial charge >= 0.3 is 0 Å². The molecule has 0 unspecified atom stereocenters. The molecule has 9 heteroatoms. The van der Waals surface area contributed by atoms with E-state index in [4.69, 9.17) is 27.9 Å². The van der Waals surface area contributed by atoms with Crippen molar-refractivity contribution < 1.29 is 17.9 Å². The van der Waals surface area contributed by atoms with Crippen molar-refractivity contribution in [3.8, 4) is 5.75 Å². The monoisotopic (exact) mass is 464 g/mol. The summed E-state index contributed by atoms with van der Waals surface area (Å²) in [6.45, 7) is 1.70. The van der Waals surface area contributed by atoms with Gasteiger partial charge in [-0.1, -0.05) is 23.2 Å². The molecule has 0 aliphatic rings. The highest BCUT2D eigenvalue weighted by atomic mass is 35.5. The molecular weight excluding hydrogens is 447 g/mol. The molecule has 30 heavy (non-hydrogen) atoms. The van der Waals surface area contributed by atoms with Crippen molar-refractivity contribution in [2.45, 2.75) is 11.8 Å². The lowest BCUT2D eigenvalue weighted by atomic mass is 10.1. The maximum absolute atomic E-state index is 12.8. The van der Waals surface area contributed by atoms with Crippen molar-refractivity contribution in [1.82, 2.24) is 0 Å². The van der Waals surface area contributed by atoms with E-state index in [1.165, 1.54) is 31.4 Å². The van der Waals surface area contributed by atoms with Crippen LogP contribution < -0.4 is 14.8 Å². The summed E-state index contributed by atoms with van der Waals surface area (Å²) < 4.78 is 33.3. The zero-order valence-corrected chi connectivity index (χ0v) is 18.4. The van der Waals surface area contributed by atoms with Crippen LogP contribution in [0.1, 0.15) is 15.9 Å². The number of nitrogens with one attached hydrogen (secondary N) is 2. The minimum Gasteiger partial charge on any atom is -0.495 e. The summed E-state index contributed by atoms with van der Waals surface area (Å²) in [6.07, 6.45) is 0. The first-order valence-corrected chi connectivity index (χ1v) is 11.0. The molecule has 0 atom stereocenters. The zero-order valence-electron chi connectivity index (χ0n) is 16.1. The predicted octanol–water partition coefficient (Wildman–Crippen LogP) is 5.36. The number of aryl methyl sites for hydroxylation is 1. The molecule has 0 saturated carbocycles. The number of hydrogen-bond acceptors (Lipinski definition) is 4. The van der Waals surface area contributed by atoms with Gasteiger partial charge in [-0.2, -0.15) is 0 Å². The van der Waals surface area contributed by atoms with E-state index < -0.39 is 10.0 Å². The molecule has 0 heterocycles. The van der Waals surface area contributed by atoms with E-state index in [-0.39, 0.29) is 16.5 Å². The van der Waals surface area contributed by atoms with E-state index in [0.717, 1.165) is 0 Å². The van der Waals surface area contributed by atoms with Crippen molar-refractivity contribution >= 4 is 50.5 Å². The lowest BCUT2D eigenvalue weighted by Gasteiger charge is -2.14. The number of benzene rings is 3. The smallest absolute Gasteiger partial charge is 0.262 e. The molecule has 0 bridgehead atoms. The Morgan fingerprint density at radius 3 is 2.20 bits per heavy atom. The van der Waals surface area contributed by atoms with E-state index in [1.807, 2.05) is 0 Å². The fourth-order valence-corrected chi connectivity index (χ4v) is 4.15. The first-order chi connectivity index (χ1) is 14.2. The standard InChI is InChI=1S/C21H18Cl2N2O4S/c1-13-11-17(30(27,28)25-19-12-16(23)7-10-20(19)29-2)8-9-18(13)24-21(26)14-3-5-15(22)6-4-14/h3-12,25H,1-2H3,(H,24,26). The Morgan fingerprint density at radius 2 is 1.57 bits per heavy atom. The molecular formula is C21H18Cl2N2O4S. The Hall–Kier alpha value is -2.74. The van der Waals surface area contributed by atoms with Gasteiger partial charge in [0.15, 0.2) is 0 Å². The van der Waals surface area contributed by atoms with Gasteiger partial charge in [0.25, 0.3) is 15.9 Å². The number of sulfonamides is 1. The fourth-order valence-electron chi connectivity index (χ4n) is 2.70. The number of carbonyl (C=O) groups excluding carboxylic acids is 1. The summed E-state index contributed by atoms with van der Waals surface area (Å²) >= 11 is 11.8. The summed E-state index contributed by atoms with van der Waals surface area (Å²) in [5.41, 5.74) is 1.74. The van der Waals surface area contributed by atoms with Crippen molar-refractivity contribution in [2.75, 3.05) is 17.1 Å². The first kappa shape index (κ1) is 22.0. The van der Waals surface area contributed by atoms with Crippen LogP contribution in [0.4, 0.5) is 11.4 Å². The third-order valence-corrected chi connectivity index (χ3v) is 6.12. The highest BCUT2D eigenvalue weighted by Gasteiger charge is 2.18. The van der Waals surface area contributed by atoms with Crippen LogP contribution in [0.15, 0.2) is 65.6 Å². The Balaban J connectivity index is 1.82. The average molecular weight is 465 g/mol. The summed E-state index contributed by atoms with van der Waals surface area (Å²) in [4.78, 5) is 12.4. The van der Waals surface area contributed by atoms with Crippen LogP contribution >= 0.6 is 23.2 Å². The number of methoxy groups -OCH3 is 1. The van der Waals surface area contributed by atoms with Crippen LogP contribution in [0.5, 0.6) is 5.75 Å². The second-order valence-electron chi connectivity index (χ2n) is 6.39. The molecule has 3 aromatic rings. The topological polar surface area (TPSA) is 84.5 Å². The van der Waals surface area contributed by atoms with Crippen LogP contribution in [0.2, 0.25) is 10.0 Å². The van der Waals surface area contributed by atoms with Crippen molar-refractivity contribution in [3.63, 3.8) is 0 Å². The van der Waals surface area contributed by atoms with Gasteiger partial charge in [0.2, 0.25) is 0 Å². The second kappa shape index (κ2) is 8.95. The summed E-state index contributed by atoms with van der Waals surface area (Å²) in [5, 5.41) is 3.66.